The highest BCUT2D eigenvalue weighted by Crippen LogP contribution is 2.78. The molecule has 35 heavy (non-hydrogen) atoms. The number of nitriles is 1. The zero-order valence-electron chi connectivity index (χ0n) is 22.7. The minimum absolute atomic E-state index is 0.00235. The van der Waals surface area contributed by atoms with E-state index >= 15 is 0 Å². The molecule has 1 heterocycles. The fourth-order valence-electron chi connectivity index (χ4n) is 11.5. The van der Waals surface area contributed by atoms with Gasteiger partial charge in [-0.2, -0.15) is 5.26 Å². The summed E-state index contributed by atoms with van der Waals surface area (Å²) in [4.78, 5) is 27.0. The predicted octanol–water partition coefficient (Wildman–Crippen LogP) is 6.50. The Morgan fingerprint density at radius 3 is 2.31 bits per heavy atom. The van der Waals surface area contributed by atoms with E-state index in [1.165, 1.54) is 0 Å². The molecule has 6 rings (SSSR count). The van der Waals surface area contributed by atoms with E-state index in [1.807, 2.05) is 0 Å². The summed E-state index contributed by atoms with van der Waals surface area (Å²) in [5, 5.41) is 9.91. The summed E-state index contributed by atoms with van der Waals surface area (Å²) in [6, 6.07) is 2.25. The number of ether oxygens (including phenoxy) is 1. The first-order valence-electron chi connectivity index (χ1n) is 14.2. The molecular formula is C31H43NO3. The van der Waals surface area contributed by atoms with Crippen molar-refractivity contribution in [3.8, 4) is 6.07 Å². The molecule has 0 aromatic rings. The molecule has 1 aliphatic heterocycles. The van der Waals surface area contributed by atoms with Crippen LogP contribution in [0.1, 0.15) is 93.4 Å². The number of Topliss-reactive ketones (excluding diaryl/α,β-unsaturated/α-hetero) is 1. The Labute approximate surface area is 211 Å². The fourth-order valence-corrected chi connectivity index (χ4v) is 11.5. The van der Waals surface area contributed by atoms with E-state index in [1.54, 1.807) is 0 Å². The van der Waals surface area contributed by atoms with E-state index in [-0.39, 0.29) is 51.4 Å². The lowest BCUT2D eigenvalue weighted by Gasteiger charge is -2.75. The zero-order chi connectivity index (χ0) is 25.3. The van der Waals surface area contributed by atoms with Crippen LogP contribution in [0.25, 0.3) is 0 Å². The molecule has 11 atom stereocenters. The smallest absolute Gasteiger partial charge is 0.312 e. The highest BCUT2D eigenvalue weighted by Gasteiger charge is 2.75. The average Bonchev–Trinajstić information content (AvgIpc) is 2.80. The van der Waals surface area contributed by atoms with Crippen molar-refractivity contribution in [2.24, 2.45) is 62.6 Å². The van der Waals surface area contributed by atoms with Crippen LogP contribution in [-0.2, 0) is 14.3 Å². The minimum Gasteiger partial charge on any atom is -0.462 e. The van der Waals surface area contributed by atoms with Gasteiger partial charge in [0.05, 0.1) is 11.0 Å². The van der Waals surface area contributed by atoms with Gasteiger partial charge in [-0.05, 0) is 90.8 Å². The third kappa shape index (κ3) is 2.50. The molecule has 0 N–H and O–H groups in total. The highest BCUT2D eigenvalue weighted by molar-refractivity contribution is 6.04. The third-order valence-electron chi connectivity index (χ3n) is 13.7. The first kappa shape index (κ1) is 23.7. The number of hydrogen-bond donors (Lipinski definition) is 0. The van der Waals surface area contributed by atoms with E-state index in [0.717, 1.165) is 44.9 Å². The molecule has 190 valence electrons. The first-order chi connectivity index (χ1) is 16.3. The molecular weight excluding hydrogens is 434 g/mol. The monoisotopic (exact) mass is 477 g/mol. The van der Waals surface area contributed by atoms with Crippen molar-refractivity contribution >= 4 is 11.8 Å². The maximum Gasteiger partial charge on any atom is 0.312 e. The minimum atomic E-state index is -0.550. The second-order valence-electron chi connectivity index (χ2n) is 14.8. The van der Waals surface area contributed by atoms with Gasteiger partial charge in [0, 0.05) is 11.3 Å². The number of nitrogens with zero attached hydrogens (tertiary/aromatic N) is 1. The molecule has 4 heteroatoms. The van der Waals surface area contributed by atoms with Crippen LogP contribution in [0, 0.1) is 73.9 Å². The highest BCUT2D eigenvalue weighted by atomic mass is 16.5. The van der Waals surface area contributed by atoms with Gasteiger partial charge in [-0.3, -0.25) is 9.59 Å². The van der Waals surface area contributed by atoms with E-state index < -0.39 is 5.41 Å². The van der Waals surface area contributed by atoms with Gasteiger partial charge in [-0.15, -0.1) is 0 Å². The Kier molecular flexibility index (Phi) is 4.62. The van der Waals surface area contributed by atoms with Gasteiger partial charge >= 0.3 is 5.97 Å². The fraction of sp³-hybridized carbons (Fsp3) is 0.839. The topological polar surface area (TPSA) is 67.2 Å². The first-order valence-corrected chi connectivity index (χ1v) is 14.2. The molecule has 1 unspecified atom stereocenters. The number of rotatable bonds is 0. The average molecular weight is 478 g/mol. The van der Waals surface area contributed by atoms with Crippen LogP contribution in [-0.4, -0.2) is 17.9 Å². The molecule has 5 aliphatic carbocycles. The Bertz CT molecular complexity index is 1080. The lowest BCUT2D eigenvalue weighted by atomic mass is 9.30. The van der Waals surface area contributed by atoms with Crippen molar-refractivity contribution in [1.29, 1.82) is 5.26 Å². The summed E-state index contributed by atoms with van der Waals surface area (Å²) in [6.07, 6.45) is 9.17. The molecule has 0 aromatic carbocycles. The Morgan fingerprint density at radius 2 is 1.63 bits per heavy atom. The van der Waals surface area contributed by atoms with E-state index in [4.69, 9.17) is 4.74 Å². The summed E-state index contributed by atoms with van der Waals surface area (Å²) in [7, 11) is 0. The molecule has 1 saturated heterocycles. The maximum absolute atomic E-state index is 13.7. The number of hydrogen-bond acceptors (Lipinski definition) is 4. The van der Waals surface area contributed by atoms with Gasteiger partial charge in [-0.1, -0.05) is 54.5 Å². The van der Waals surface area contributed by atoms with Gasteiger partial charge in [0.2, 0.25) is 0 Å². The zero-order valence-corrected chi connectivity index (χ0v) is 22.7. The molecule has 0 radical (unpaired) electrons. The van der Waals surface area contributed by atoms with Crippen molar-refractivity contribution in [3.05, 3.63) is 11.6 Å². The second-order valence-corrected chi connectivity index (χ2v) is 14.8. The van der Waals surface area contributed by atoms with Crippen LogP contribution in [0.5, 0.6) is 0 Å². The van der Waals surface area contributed by atoms with Crippen molar-refractivity contribution < 1.29 is 14.3 Å². The number of allylic oxidation sites excluding steroid dienone is 2. The largest absolute Gasteiger partial charge is 0.462 e. The van der Waals surface area contributed by atoms with E-state index in [0.29, 0.717) is 29.2 Å². The molecule has 2 bridgehead atoms. The Hall–Kier alpha value is -1.63. The molecule has 6 aliphatic rings. The van der Waals surface area contributed by atoms with E-state index in [9.17, 15) is 14.9 Å². The van der Waals surface area contributed by atoms with Gasteiger partial charge < -0.3 is 4.74 Å². The van der Waals surface area contributed by atoms with Crippen molar-refractivity contribution in [1.82, 2.24) is 0 Å². The van der Waals surface area contributed by atoms with Gasteiger partial charge in [0.15, 0.2) is 5.78 Å². The third-order valence-corrected chi connectivity index (χ3v) is 13.7. The van der Waals surface area contributed by atoms with Crippen LogP contribution in [0.15, 0.2) is 11.6 Å². The Balaban J connectivity index is 1.52. The SMILES string of the molecule is C[C@@H]1[C@H]2[C@H]3[C@H]4CC5[C@@]6(C)C=C(C#N)C(=O)C(C)(C)[C@@H]6CC[C@@]5(C)[C@]3(C)CC[C@]2(CC[C@H]1C)C(=O)O4. The van der Waals surface area contributed by atoms with Gasteiger partial charge in [0.1, 0.15) is 12.2 Å². The maximum atomic E-state index is 13.7. The van der Waals surface area contributed by atoms with Gasteiger partial charge in [-0.25, -0.2) is 0 Å². The summed E-state index contributed by atoms with van der Waals surface area (Å²) >= 11 is 0. The molecule has 0 aromatic heterocycles. The summed E-state index contributed by atoms with van der Waals surface area (Å²) < 4.78 is 6.49. The molecule has 4 saturated carbocycles. The van der Waals surface area contributed by atoms with Crippen molar-refractivity contribution in [3.63, 3.8) is 0 Å². The second kappa shape index (κ2) is 6.81. The molecule has 0 spiro atoms. The Morgan fingerprint density at radius 1 is 0.914 bits per heavy atom. The van der Waals surface area contributed by atoms with Crippen molar-refractivity contribution in [2.75, 3.05) is 0 Å². The van der Waals surface area contributed by atoms with Crippen LogP contribution in [0.2, 0.25) is 0 Å². The lowest BCUT2D eigenvalue weighted by Crippen LogP contribution is -2.73. The number of carbonyl (C=O) groups is 2. The quantitative estimate of drug-likeness (QED) is 0.374. The lowest BCUT2D eigenvalue weighted by molar-refractivity contribution is -0.294. The van der Waals surface area contributed by atoms with Crippen LogP contribution in [0.4, 0.5) is 0 Å². The predicted molar refractivity (Wildman–Crippen MR) is 134 cm³/mol. The van der Waals surface area contributed by atoms with E-state index in [2.05, 4.69) is 60.6 Å². The number of carbonyl (C=O) groups excluding carboxylic acids is 2. The molecule has 4 nitrogen and oxygen atoms in total. The molecule has 0 amide bonds. The van der Waals surface area contributed by atoms with Crippen LogP contribution in [0.3, 0.4) is 0 Å². The van der Waals surface area contributed by atoms with Gasteiger partial charge in [0.25, 0.3) is 0 Å². The van der Waals surface area contributed by atoms with Crippen LogP contribution < -0.4 is 0 Å². The number of ketones is 1. The standard InChI is InChI=1S/C31H43NO3/c1-17-8-11-31-13-12-30(7)24(23(31)18(17)2)20(35-26(31)34)14-22-28(5)15-19(16-32)25(33)27(3,4)21(28)9-10-29(22,30)6/h15,17-18,20-24H,8-14H2,1-7H3/t17-,18+,20-,21+,22?,23+,24-,28+,29-,30-,31+/m1/s1. The molecule has 5 fully saturated rings. The summed E-state index contributed by atoms with van der Waals surface area (Å²) in [5.41, 5.74) is -0.573. The number of esters is 1. The summed E-state index contributed by atoms with van der Waals surface area (Å²) in [6.45, 7) is 16.3. The van der Waals surface area contributed by atoms with Crippen LogP contribution >= 0.6 is 0 Å². The normalized spacial score (nSPS) is 55.9. The van der Waals surface area contributed by atoms with Crippen molar-refractivity contribution in [2.45, 2.75) is 99.5 Å². The summed E-state index contributed by atoms with van der Waals surface area (Å²) in [5.74, 6) is 2.57. The number of fused-ring (bicyclic) bond motifs is 4.